The number of amides is 1. The third kappa shape index (κ3) is 4.59. The summed E-state index contributed by atoms with van der Waals surface area (Å²) in [6.45, 7) is 1.61. The lowest BCUT2D eigenvalue weighted by Crippen LogP contribution is -2.22. The minimum Gasteiger partial charge on any atom is -0.495 e. The Labute approximate surface area is 142 Å². The molecule has 2 rings (SSSR count). The lowest BCUT2D eigenvalue weighted by Gasteiger charge is -2.13. The van der Waals surface area contributed by atoms with Crippen molar-refractivity contribution in [1.29, 1.82) is 0 Å². The highest BCUT2D eigenvalue weighted by molar-refractivity contribution is 8.00. The normalized spacial score (nSPS) is 11.9. The number of thioether (sulfide) groups is 1. The van der Waals surface area contributed by atoms with Gasteiger partial charge in [0.1, 0.15) is 17.4 Å². The van der Waals surface area contributed by atoms with E-state index in [1.807, 2.05) is 0 Å². The minimum atomic E-state index is -0.618. The van der Waals surface area contributed by atoms with Gasteiger partial charge in [-0.25, -0.2) is 8.78 Å². The third-order valence-corrected chi connectivity index (χ3v) is 4.42. The van der Waals surface area contributed by atoms with E-state index >= 15 is 0 Å². The standard InChI is InChI=1S/C16H14ClF2NO2S/c1-9(23-15-7-10(18)3-5-13(15)19)16(21)20-11-4-6-14(22-2)12(17)8-11/h3-9H,1-2H3,(H,20,21)/t9-/m1/s1. The van der Waals surface area contributed by atoms with Crippen molar-refractivity contribution in [2.45, 2.75) is 17.1 Å². The van der Waals surface area contributed by atoms with Crippen LogP contribution in [0.5, 0.6) is 5.75 Å². The van der Waals surface area contributed by atoms with Gasteiger partial charge >= 0.3 is 0 Å². The number of nitrogens with one attached hydrogen (secondary N) is 1. The second-order valence-corrected chi connectivity index (χ2v) is 6.46. The maximum Gasteiger partial charge on any atom is 0.237 e. The summed E-state index contributed by atoms with van der Waals surface area (Å²) in [6.07, 6.45) is 0. The lowest BCUT2D eigenvalue weighted by molar-refractivity contribution is -0.115. The summed E-state index contributed by atoms with van der Waals surface area (Å²) in [4.78, 5) is 12.2. The van der Waals surface area contributed by atoms with Gasteiger partial charge in [-0.3, -0.25) is 4.79 Å². The van der Waals surface area contributed by atoms with E-state index in [0.29, 0.717) is 16.5 Å². The SMILES string of the molecule is COc1ccc(NC(=O)[C@@H](C)Sc2cc(F)ccc2F)cc1Cl. The first-order valence-electron chi connectivity index (χ1n) is 6.67. The second-order valence-electron chi connectivity index (χ2n) is 4.67. The summed E-state index contributed by atoms with van der Waals surface area (Å²) in [5.41, 5.74) is 0.493. The number of rotatable bonds is 5. The van der Waals surface area contributed by atoms with E-state index in [1.54, 1.807) is 25.1 Å². The highest BCUT2D eigenvalue weighted by Gasteiger charge is 2.17. The van der Waals surface area contributed by atoms with Crippen LogP contribution in [0.4, 0.5) is 14.5 Å². The van der Waals surface area contributed by atoms with Gasteiger partial charge in [0.05, 0.1) is 17.4 Å². The molecule has 1 N–H and O–H groups in total. The molecule has 122 valence electrons. The van der Waals surface area contributed by atoms with Gasteiger partial charge in [-0.15, -0.1) is 11.8 Å². The van der Waals surface area contributed by atoms with Crippen LogP contribution in [0.3, 0.4) is 0 Å². The van der Waals surface area contributed by atoms with Crippen molar-refractivity contribution in [2.24, 2.45) is 0 Å². The van der Waals surface area contributed by atoms with Crippen molar-refractivity contribution >= 4 is 35.0 Å². The average molecular weight is 358 g/mol. The predicted molar refractivity (Wildman–Crippen MR) is 88.3 cm³/mol. The fourth-order valence-corrected chi connectivity index (χ4v) is 2.97. The lowest BCUT2D eigenvalue weighted by atomic mass is 10.3. The van der Waals surface area contributed by atoms with Crippen LogP contribution in [-0.2, 0) is 4.79 Å². The third-order valence-electron chi connectivity index (χ3n) is 2.99. The van der Waals surface area contributed by atoms with Gasteiger partial charge in [-0.1, -0.05) is 11.6 Å². The molecule has 23 heavy (non-hydrogen) atoms. The first kappa shape index (κ1) is 17.6. The monoisotopic (exact) mass is 357 g/mol. The summed E-state index contributed by atoms with van der Waals surface area (Å²) in [5.74, 6) is -0.971. The van der Waals surface area contributed by atoms with Gasteiger partial charge in [0, 0.05) is 10.6 Å². The summed E-state index contributed by atoms with van der Waals surface area (Å²) >= 11 is 6.93. The first-order chi connectivity index (χ1) is 10.9. The molecule has 2 aromatic rings. The summed E-state index contributed by atoms with van der Waals surface area (Å²) in [6, 6.07) is 7.95. The Hall–Kier alpha value is -1.79. The van der Waals surface area contributed by atoms with E-state index in [-0.39, 0.29) is 10.8 Å². The Morgan fingerprint density at radius 1 is 1.26 bits per heavy atom. The first-order valence-corrected chi connectivity index (χ1v) is 7.92. The van der Waals surface area contributed by atoms with Crippen LogP contribution in [0.15, 0.2) is 41.3 Å². The van der Waals surface area contributed by atoms with Crippen LogP contribution < -0.4 is 10.1 Å². The van der Waals surface area contributed by atoms with Crippen molar-refractivity contribution in [3.05, 3.63) is 53.1 Å². The molecule has 2 aromatic carbocycles. The van der Waals surface area contributed by atoms with Crippen molar-refractivity contribution in [3.8, 4) is 5.75 Å². The molecule has 0 aliphatic rings. The molecule has 0 aliphatic carbocycles. The van der Waals surface area contributed by atoms with Gasteiger partial charge in [-0.2, -0.15) is 0 Å². The molecule has 3 nitrogen and oxygen atoms in total. The highest BCUT2D eigenvalue weighted by atomic mass is 35.5. The van der Waals surface area contributed by atoms with Crippen molar-refractivity contribution in [1.82, 2.24) is 0 Å². The number of ether oxygens (including phenoxy) is 1. The molecular formula is C16H14ClF2NO2S. The fourth-order valence-electron chi connectivity index (χ4n) is 1.80. The molecule has 0 aliphatic heterocycles. The number of methoxy groups -OCH3 is 1. The zero-order valence-electron chi connectivity index (χ0n) is 12.4. The van der Waals surface area contributed by atoms with Gasteiger partial charge < -0.3 is 10.1 Å². The van der Waals surface area contributed by atoms with Gasteiger partial charge in [0.25, 0.3) is 0 Å². The summed E-state index contributed by atoms with van der Waals surface area (Å²) in [5, 5.41) is 2.42. The van der Waals surface area contributed by atoms with Gasteiger partial charge in [0.15, 0.2) is 0 Å². The van der Waals surface area contributed by atoms with Crippen LogP contribution >= 0.6 is 23.4 Å². The van der Waals surface area contributed by atoms with E-state index in [4.69, 9.17) is 16.3 Å². The van der Waals surface area contributed by atoms with Crippen LogP contribution in [0.25, 0.3) is 0 Å². The smallest absolute Gasteiger partial charge is 0.237 e. The largest absolute Gasteiger partial charge is 0.495 e. The Morgan fingerprint density at radius 3 is 2.65 bits per heavy atom. The quantitative estimate of drug-likeness (QED) is 0.785. The topological polar surface area (TPSA) is 38.3 Å². The Bertz CT molecular complexity index is 727. The molecule has 1 atom stereocenters. The van der Waals surface area contributed by atoms with Crippen LogP contribution in [0.1, 0.15) is 6.92 Å². The number of benzene rings is 2. The van der Waals surface area contributed by atoms with E-state index in [9.17, 15) is 13.6 Å². The van der Waals surface area contributed by atoms with Crippen LogP contribution in [0, 0.1) is 11.6 Å². The molecule has 0 radical (unpaired) electrons. The maximum atomic E-state index is 13.6. The van der Waals surface area contributed by atoms with E-state index < -0.39 is 16.9 Å². The molecule has 0 fully saturated rings. The number of halogens is 3. The fraction of sp³-hybridized carbons (Fsp3) is 0.188. The molecule has 0 saturated heterocycles. The molecule has 0 spiro atoms. The number of anilines is 1. The molecule has 0 unspecified atom stereocenters. The van der Waals surface area contributed by atoms with Crippen molar-refractivity contribution < 1.29 is 18.3 Å². The highest BCUT2D eigenvalue weighted by Crippen LogP contribution is 2.29. The van der Waals surface area contributed by atoms with Crippen molar-refractivity contribution in [3.63, 3.8) is 0 Å². The van der Waals surface area contributed by atoms with E-state index in [0.717, 1.165) is 30.0 Å². The maximum absolute atomic E-state index is 13.6. The Balaban J connectivity index is 2.05. The van der Waals surface area contributed by atoms with Gasteiger partial charge in [0.2, 0.25) is 5.91 Å². The number of carbonyl (C=O) groups excluding carboxylic acids is 1. The summed E-state index contributed by atoms with van der Waals surface area (Å²) in [7, 11) is 1.49. The average Bonchev–Trinajstić information content (AvgIpc) is 2.51. The van der Waals surface area contributed by atoms with Gasteiger partial charge in [-0.05, 0) is 43.3 Å². The van der Waals surface area contributed by atoms with Crippen LogP contribution in [0.2, 0.25) is 5.02 Å². The van der Waals surface area contributed by atoms with Crippen LogP contribution in [-0.4, -0.2) is 18.3 Å². The molecule has 0 saturated carbocycles. The second kappa shape index (κ2) is 7.66. The molecule has 0 aromatic heterocycles. The number of hydrogen-bond acceptors (Lipinski definition) is 3. The predicted octanol–water partition coefficient (Wildman–Crippen LogP) is 4.75. The van der Waals surface area contributed by atoms with E-state index in [1.165, 1.54) is 7.11 Å². The number of carbonyl (C=O) groups is 1. The zero-order chi connectivity index (χ0) is 17.0. The number of hydrogen-bond donors (Lipinski definition) is 1. The molecule has 0 bridgehead atoms. The molecule has 7 heteroatoms. The molecular weight excluding hydrogens is 344 g/mol. The zero-order valence-corrected chi connectivity index (χ0v) is 14.0. The Morgan fingerprint density at radius 2 is 2.00 bits per heavy atom. The Kier molecular flexibility index (Phi) is 5.85. The van der Waals surface area contributed by atoms with E-state index in [2.05, 4.69) is 5.32 Å². The van der Waals surface area contributed by atoms with Crippen molar-refractivity contribution in [2.75, 3.05) is 12.4 Å². The summed E-state index contributed by atoms with van der Waals surface area (Å²) < 4.78 is 31.8. The minimum absolute atomic E-state index is 0.0837. The molecule has 0 heterocycles. The molecule has 1 amide bonds.